The van der Waals surface area contributed by atoms with Gasteiger partial charge < -0.3 is 10.2 Å². The van der Waals surface area contributed by atoms with Gasteiger partial charge in [0.05, 0.1) is 11.8 Å². The SMILES string of the molecule is CC(C(=O)O)c1ccc(CC(C)(C)SC(C)(C)Cc2ccc([C@@H](C)C(=O)O)cc2)cc1. The molecule has 0 fully saturated rings. The summed E-state index contributed by atoms with van der Waals surface area (Å²) in [6.45, 7) is 12.4. The maximum atomic E-state index is 11.2. The van der Waals surface area contributed by atoms with E-state index in [4.69, 9.17) is 0 Å². The summed E-state index contributed by atoms with van der Waals surface area (Å²) in [5.74, 6) is -2.62. The molecule has 2 N–H and O–H groups in total. The van der Waals surface area contributed by atoms with Crippen molar-refractivity contribution in [2.45, 2.75) is 75.7 Å². The van der Waals surface area contributed by atoms with Crippen molar-refractivity contribution in [2.24, 2.45) is 0 Å². The summed E-state index contributed by atoms with van der Waals surface area (Å²) in [5.41, 5.74) is 4.04. The molecule has 0 bridgehead atoms. The number of rotatable bonds is 10. The molecule has 5 heteroatoms. The maximum absolute atomic E-state index is 11.2. The predicted molar refractivity (Wildman–Crippen MR) is 128 cm³/mol. The summed E-state index contributed by atoms with van der Waals surface area (Å²) in [7, 11) is 0. The van der Waals surface area contributed by atoms with Crippen molar-refractivity contribution in [3.8, 4) is 0 Å². The Balaban J connectivity index is 2.02. The van der Waals surface area contributed by atoms with Crippen LogP contribution in [0.1, 0.15) is 75.6 Å². The van der Waals surface area contributed by atoms with Gasteiger partial charge in [0.1, 0.15) is 0 Å². The van der Waals surface area contributed by atoms with Crippen LogP contribution in [0.2, 0.25) is 0 Å². The molecular weight excluding hydrogens is 408 g/mol. The van der Waals surface area contributed by atoms with Crippen LogP contribution < -0.4 is 0 Å². The molecule has 0 aliphatic heterocycles. The van der Waals surface area contributed by atoms with Crippen molar-refractivity contribution < 1.29 is 19.8 Å². The third kappa shape index (κ3) is 7.42. The van der Waals surface area contributed by atoms with Gasteiger partial charge in [0, 0.05) is 9.49 Å². The lowest BCUT2D eigenvalue weighted by atomic mass is 9.96. The third-order valence-electron chi connectivity index (χ3n) is 5.51. The first kappa shape index (κ1) is 25.0. The van der Waals surface area contributed by atoms with Crippen LogP contribution in [0.4, 0.5) is 0 Å². The Morgan fingerprint density at radius 1 is 0.710 bits per heavy atom. The first-order chi connectivity index (χ1) is 14.3. The Labute approximate surface area is 190 Å². The second-order valence-electron chi connectivity index (χ2n) is 9.58. The largest absolute Gasteiger partial charge is 0.481 e. The zero-order valence-corrected chi connectivity index (χ0v) is 20.1. The van der Waals surface area contributed by atoms with E-state index in [1.807, 2.05) is 60.3 Å². The van der Waals surface area contributed by atoms with Crippen LogP contribution in [-0.2, 0) is 22.4 Å². The molecule has 2 aromatic carbocycles. The molecule has 2 aromatic rings. The van der Waals surface area contributed by atoms with Gasteiger partial charge in [-0.3, -0.25) is 9.59 Å². The molecule has 2 rings (SSSR count). The minimum atomic E-state index is -0.809. The molecular formula is C26H34O4S. The minimum Gasteiger partial charge on any atom is -0.481 e. The second-order valence-corrected chi connectivity index (χ2v) is 12.0. The quantitative estimate of drug-likeness (QED) is 0.462. The van der Waals surface area contributed by atoms with Gasteiger partial charge in [0.15, 0.2) is 0 Å². The van der Waals surface area contributed by atoms with Crippen molar-refractivity contribution >= 4 is 23.7 Å². The standard InChI is InChI=1S/C26H34O4S/c1-17(23(27)28)21-11-7-19(8-12-21)15-25(3,4)31-26(5,6)16-20-9-13-22(14-10-20)18(2)24(29)30/h7-14,17-18H,15-16H2,1-6H3,(H,27,28)(H,29,30)/t17-,18?/m1/s1. The van der Waals surface area contributed by atoms with Crippen molar-refractivity contribution in [3.63, 3.8) is 0 Å². The topological polar surface area (TPSA) is 74.6 Å². The zero-order chi connectivity index (χ0) is 23.4. The highest BCUT2D eigenvalue weighted by molar-refractivity contribution is 8.01. The molecule has 0 saturated carbocycles. The van der Waals surface area contributed by atoms with Crippen LogP contribution in [-0.4, -0.2) is 31.6 Å². The molecule has 0 aliphatic rings. The van der Waals surface area contributed by atoms with Gasteiger partial charge in [-0.25, -0.2) is 0 Å². The number of hydrogen-bond donors (Lipinski definition) is 2. The summed E-state index contributed by atoms with van der Waals surface area (Å²) in [6.07, 6.45) is 1.77. The Hall–Kier alpha value is -2.27. The number of aliphatic carboxylic acids is 2. The van der Waals surface area contributed by atoms with Gasteiger partial charge in [0.2, 0.25) is 0 Å². The molecule has 1 unspecified atom stereocenters. The Morgan fingerprint density at radius 3 is 1.26 bits per heavy atom. The molecule has 0 heterocycles. The molecule has 0 spiro atoms. The fourth-order valence-electron chi connectivity index (χ4n) is 3.94. The van der Waals surface area contributed by atoms with Crippen LogP contribution in [0.15, 0.2) is 48.5 Å². The van der Waals surface area contributed by atoms with Crippen molar-refractivity contribution in [2.75, 3.05) is 0 Å². The highest BCUT2D eigenvalue weighted by Gasteiger charge is 2.30. The van der Waals surface area contributed by atoms with E-state index in [1.165, 1.54) is 11.1 Å². The van der Waals surface area contributed by atoms with Gasteiger partial charge in [-0.2, -0.15) is 0 Å². The minimum absolute atomic E-state index is 0.00118. The summed E-state index contributed by atoms with van der Waals surface area (Å²) in [6, 6.07) is 15.8. The fraction of sp³-hybridized carbons (Fsp3) is 0.462. The zero-order valence-electron chi connectivity index (χ0n) is 19.3. The Morgan fingerprint density at radius 2 is 1.00 bits per heavy atom. The summed E-state index contributed by atoms with van der Waals surface area (Å²) >= 11 is 1.94. The highest BCUT2D eigenvalue weighted by Crippen LogP contribution is 2.40. The van der Waals surface area contributed by atoms with E-state index in [1.54, 1.807) is 13.8 Å². The van der Waals surface area contributed by atoms with E-state index < -0.39 is 23.8 Å². The average Bonchev–Trinajstić information content (AvgIpc) is 2.66. The van der Waals surface area contributed by atoms with Gasteiger partial charge in [-0.15, -0.1) is 11.8 Å². The summed E-state index contributed by atoms with van der Waals surface area (Å²) < 4.78 is 0.00237. The van der Waals surface area contributed by atoms with E-state index in [9.17, 15) is 19.8 Å². The number of hydrogen-bond acceptors (Lipinski definition) is 3. The van der Waals surface area contributed by atoms with Crippen LogP contribution in [0.3, 0.4) is 0 Å². The van der Waals surface area contributed by atoms with E-state index in [0.29, 0.717) is 0 Å². The van der Waals surface area contributed by atoms with E-state index >= 15 is 0 Å². The van der Waals surface area contributed by atoms with Crippen LogP contribution in [0.25, 0.3) is 0 Å². The number of carboxylic acids is 2. The molecule has 4 nitrogen and oxygen atoms in total. The van der Waals surface area contributed by atoms with Gasteiger partial charge >= 0.3 is 11.9 Å². The molecule has 0 radical (unpaired) electrons. The lowest BCUT2D eigenvalue weighted by Crippen LogP contribution is -2.30. The predicted octanol–water partition coefficient (Wildman–Crippen LogP) is 6.14. The number of thioether (sulfide) groups is 1. The normalized spacial score (nSPS) is 14.1. The first-order valence-electron chi connectivity index (χ1n) is 10.6. The third-order valence-corrected chi connectivity index (χ3v) is 6.91. The fourth-order valence-corrected chi connectivity index (χ4v) is 5.91. The second kappa shape index (κ2) is 9.90. The van der Waals surface area contributed by atoms with E-state index in [-0.39, 0.29) is 9.49 Å². The van der Waals surface area contributed by atoms with Crippen LogP contribution >= 0.6 is 11.8 Å². The van der Waals surface area contributed by atoms with Crippen molar-refractivity contribution in [1.29, 1.82) is 0 Å². The molecule has 0 saturated heterocycles. The van der Waals surface area contributed by atoms with Gasteiger partial charge in [0.25, 0.3) is 0 Å². The molecule has 0 aliphatic carbocycles. The number of carboxylic acid groups (broad SMARTS) is 2. The molecule has 31 heavy (non-hydrogen) atoms. The van der Waals surface area contributed by atoms with Gasteiger partial charge in [-0.1, -0.05) is 76.2 Å². The Bertz CT molecular complexity index is 823. The highest BCUT2D eigenvalue weighted by atomic mass is 32.2. The monoisotopic (exact) mass is 442 g/mol. The molecule has 0 aromatic heterocycles. The molecule has 0 amide bonds. The lowest BCUT2D eigenvalue weighted by molar-refractivity contribution is -0.139. The summed E-state index contributed by atoms with van der Waals surface area (Å²) in [4.78, 5) is 22.3. The van der Waals surface area contributed by atoms with Crippen molar-refractivity contribution in [3.05, 3.63) is 70.8 Å². The maximum Gasteiger partial charge on any atom is 0.310 e. The molecule has 2 atom stereocenters. The van der Waals surface area contributed by atoms with Crippen LogP contribution in [0, 0.1) is 0 Å². The van der Waals surface area contributed by atoms with E-state index in [2.05, 4.69) is 27.7 Å². The average molecular weight is 443 g/mol. The van der Waals surface area contributed by atoms with E-state index in [0.717, 1.165) is 24.0 Å². The first-order valence-corrected chi connectivity index (χ1v) is 11.4. The van der Waals surface area contributed by atoms with Crippen molar-refractivity contribution in [1.82, 2.24) is 0 Å². The lowest BCUT2D eigenvalue weighted by Gasteiger charge is -2.35. The summed E-state index contributed by atoms with van der Waals surface area (Å²) in [5, 5.41) is 18.4. The van der Waals surface area contributed by atoms with Crippen LogP contribution in [0.5, 0.6) is 0 Å². The number of benzene rings is 2. The smallest absolute Gasteiger partial charge is 0.310 e. The van der Waals surface area contributed by atoms with Gasteiger partial charge in [-0.05, 0) is 48.9 Å². The molecule has 168 valence electrons. The Kier molecular flexibility index (Phi) is 7.98. The number of carbonyl (C=O) groups is 2.